The molecule has 0 aliphatic rings. The monoisotopic (exact) mass is 351 g/mol. The van der Waals surface area contributed by atoms with E-state index in [1.807, 2.05) is 55.5 Å². The number of ether oxygens (including phenoxy) is 1. The Kier molecular flexibility index (Phi) is 5.26. The highest BCUT2D eigenvalue weighted by molar-refractivity contribution is 5.91. The van der Waals surface area contributed by atoms with E-state index in [4.69, 9.17) is 4.74 Å². The number of benzene rings is 1. The number of amides is 1. The molecule has 2 heterocycles. The van der Waals surface area contributed by atoms with Crippen LogP contribution in [0.4, 0.5) is 0 Å². The molecular formula is C19H21N5O2. The lowest BCUT2D eigenvalue weighted by Gasteiger charge is -2.05. The molecule has 0 aliphatic heterocycles. The molecule has 1 N–H and O–H groups in total. The van der Waals surface area contributed by atoms with Crippen molar-refractivity contribution in [2.75, 3.05) is 6.61 Å². The van der Waals surface area contributed by atoms with Crippen LogP contribution in [-0.4, -0.2) is 32.1 Å². The topological polar surface area (TPSA) is 81.4 Å². The largest absolute Gasteiger partial charge is 0.494 e. The van der Waals surface area contributed by atoms with Crippen LogP contribution in [-0.2, 0) is 11.3 Å². The molecule has 0 fully saturated rings. The predicted octanol–water partition coefficient (Wildman–Crippen LogP) is 2.47. The van der Waals surface area contributed by atoms with Crippen molar-refractivity contribution in [2.24, 2.45) is 0 Å². The second-order valence-corrected chi connectivity index (χ2v) is 5.84. The van der Waals surface area contributed by atoms with Gasteiger partial charge in [0, 0.05) is 17.5 Å². The Morgan fingerprint density at radius 3 is 2.73 bits per heavy atom. The smallest absolute Gasteiger partial charge is 0.255 e. The Hall–Kier alpha value is -3.22. The van der Waals surface area contributed by atoms with Gasteiger partial charge in [-0.15, -0.1) is 10.2 Å². The SMILES string of the molecule is CCOc1ccc(/C=C/C(=O)NCc2nnc3nc(C)cc(C)n23)cc1. The van der Waals surface area contributed by atoms with E-state index in [0.717, 1.165) is 22.7 Å². The van der Waals surface area contributed by atoms with Gasteiger partial charge in [-0.05, 0) is 50.6 Å². The molecule has 1 amide bonds. The third-order valence-electron chi connectivity index (χ3n) is 3.80. The zero-order valence-electron chi connectivity index (χ0n) is 15.1. The fraction of sp³-hybridized carbons (Fsp3) is 0.263. The van der Waals surface area contributed by atoms with E-state index in [2.05, 4.69) is 20.5 Å². The number of hydrogen-bond acceptors (Lipinski definition) is 5. The maximum atomic E-state index is 12.1. The first-order valence-corrected chi connectivity index (χ1v) is 8.44. The summed E-state index contributed by atoms with van der Waals surface area (Å²) in [6.45, 7) is 6.72. The fourth-order valence-electron chi connectivity index (χ4n) is 2.65. The normalized spacial score (nSPS) is 11.2. The Balaban J connectivity index is 1.62. The van der Waals surface area contributed by atoms with Gasteiger partial charge in [0.25, 0.3) is 5.78 Å². The Labute approximate surface area is 151 Å². The number of rotatable bonds is 6. The van der Waals surface area contributed by atoms with Gasteiger partial charge in [-0.1, -0.05) is 12.1 Å². The Bertz CT molecular complexity index is 944. The molecule has 0 radical (unpaired) electrons. The number of nitrogens with zero attached hydrogens (tertiary/aromatic N) is 4. The molecule has 0 saturated heterocycles. The van der Waals surface area contributed by atoms with Crippen LogP contribution < -0.4 is 10.1 Å². The van der Waals surface area contributed by atoms with E-state index < -0.39 is 0 Å². The molecule has 0 saturated carbocycles. The maximum Gasteiger partial charge on any atom is 0.255 e. The van der Waals surface area contributed by atoms with Crippen LogP contribution in [0.15, 0.2) is 36.4 Å². The highest BCUT2D eigenvalue weighted by atomic mass is 16.5. The minimum absolute atomic E-state index is 0.201. The molecule has 0 spiro atoms. The van der Waals surface area contributed by atoms with Crippen molar-refractivity contribution in [1.82, 2.24) is 24.9 Å². The van der Waals surface area contributed by atoms with E-state index in [1.54, 1.807) is 6.08 Å². The Morgan fingerprint density at radius 2 is 2.00 bits per heavy atom. The first-order valence-electron chi connectivity index (χ1n) is 8.44. The highest BCUT2D eigenvalue weighted by Gasteiger charge is 2.10. The van der Waals surface area contributed by atoms with Gasteiger partial charge in [0.2, 0.25) is 5.91 Å². The maximum absolute atomic E-state index is 12.1. The summed E-state index contributed by atoms with van der Waals surface area (Å²) in [7, 11) is 0. The van der Waals surface area contributed by atoms with Crippen LogP contribution in [0.1, 0.15) is 29.7 Å². The molecule has 1 aromatic carbocycles. The molecule has 3 rings (SSSR count). The Morgan fingerprint density at radius 1 is 1.23 bits per heavy atom. The van der Waals surface area contributed by atoms with E-state index >= 15 is 0 Å². The first kappa shape index (κ1) is 17.6. The lowest BCUT2D eigenvalue weighted by Crippen LogP contribution is -2.22. The number of hydrogen-bond donors (Lipinski definition) is 1. The van der Waals surface area contributed by atoms with Crippen molar-refractivity contribution in [3.63, 3.8) is 0 Å². The molecule has 3 aromatic rings. The summed E-state index contributed by atoms with van der Waals surface area (Å²) in [5, 5.41) is 11.0. The van der Waals surface area contributed by atoms with Crippen molar-refractivity contribution in [2.45, 2.75) is 27.3 Å². The number of aromatic nitrogens is 4. The van der Waals surface area contributed by atoms with E-state index in [0.29, 0.717) is 18.2 Å². The van der Waals surface area contributed by atoms with E-state index in [1.165, 1.54) is 6.08 Å². The standard InChI is InChI=1S/C19H21N5O2/c1-4-26-16-8-5-15(6-9-16)7-10-18(25)20-12-17-22-23-19-21-13(2)11-14(3)24(17)19/h5-11H,4,12H2,1-3H3,(H,20,25)/b10-7+. The predicted molar refractivity (Wildman–Crippen MR) is 98.7 cm³/mol. The van der Waals surface area contributed by atoms with Gasteiger partial charge in [-0.2, -0.15) is 0 Å². The molecule has 7 nitrogen and oxygen atoms in total. The lowest BCUT2D eigenvalue weighted by molar-refractivity contribution is -0.116. The molecule has 134 valence electrons. The van der Waals surface area contributed by atoms with Gasteiger partial charge in [0.05, 0.1) is 13.2 Å². The molecule has 0 bridgehead atoms. The molecule has 26 heavy (non-hydrogen) atoms. The van der Waals surface area contributed by atoms with Crippen LogP contribution >= 0.6 is 0 Å². The number of fused-ring (bicyclic) bond motifs is 1. The van der Waals surface area contributed by atoms with Crippen LogP contribution in [0.5, 0.6) is 5.75 Å². The zero-order valence-corrected chi connectivity index (χ0v) is 15.1. The third-order valence-corrected chi connectivity index (χ3v) is 3.80. The summed E-state index contributed by atoms with van der Waals surface area (Å²) < 4.78 is 7.23. The van der Waals surface area contributed by atoms with Gasteiger partial charge in [-0.25, -0.2) is 4.98 Å². The summed E-state index contributed by atoms with van der Waals surface area (Å²) in [4.78, 5) is 16.4. The number of carbonyl (C=O) groups is 1. The summed E-state index contributed by atoms with van der Waals surface area (Å²) in [6, 6.07) is 9.51. The van der Waals surface area contributed by atoms with Crippen molar-refractivity contribution < 1.29 is 9.53 Å². The number of aryl methyl sites for hydroxylation is 2. The third kappa shape index (κ3) is 4.05. The van der Waals surface area contributed by atoms with Crippen LogP contribution in [0.3, 0.4) is 0 Å². The molecule has 2 aromatic heterocycles. The van der Waals surface area contributed by atoms with Crippen LogP contribution in [0.25, 0.3) is 11.9 Å². The first-order chi connectivity index (χ1) is 12.6. The molecule has 0 unspecified atom stereocenters. The minimum atomic E-state index is -0.201. The van der Waals surface area contributed by atoms with E-state index in [9.17, 15) is 4.79 Å². The van der Waals surface area contributed by atoms with Gasteiger partial charge in [-0.3, -0.25) is 9.20 Å². The molecular weight excluding hydrogens is 330 g/mol. The quantitative estimate of drug-likeness (QED) is 0.690. The van der Waals surface area contributed by atoms with Gasteiger partial charge in [0.15, 0.2) is 5.82 Å². The summed E-state index contributed by atoms with van der Waals surface area (Å²) in [5.41, 5.74) is 2.79. The van der Waals surface area contributed by atoms with Crippen molar-refractivity contribution >= 4 is 17.8 Å². The van der Waals surface area contributed by atoms with Crippen molar-refractivity contribution in [3.05, 3.63) is 59.2 Å². The second kappa shape index (κ2) is 7.77. The number of nitrogens with one attached hydrogen (secondary N) is 1. The second-order valence-electron chi connectivity index (χ2n) is 5.84. The average molecular weight is 351 g/mol. The van der Waals surface area contributed by atoms with Crippen LogP contribution in [0.2, 0.25) is 0 Å². The zero-order chi connectivity index (χ0) is 18.5. The molecule has 0 atom stereocenters. The molecule has 7 heteroatoms. The average Bonchev–Trinajstić information content (AvgIpc) is 3.02. The molecule has 0 aliphatic carbocycles. The minimum Gasteiger partial charge on any atom is -0.494 e. The highest BCUT2D eigenvalue weighted by Crippen LogP contribution is 2.13. The lowest BCUT2D eigenvalue weighted by atomic mass is 10.2. The summed E-state index contributed by atoms with van der Waals surface area (Å²) in [5.74, 6) is 1.80. The summed E-state index contributed by atoms with van der Waals surface area (Å²) in [6.07, 6.45) is 3.25. The number of carbonyl (C=O) groups excluding carboxylic acids is 1. The van der Waals surface area contributed by atoms with Gasteiger partial charge >= 0.3 is 0 Å². The van der Waals surface area contributed by atoms with Gasteiger partial charge < -0.3 is 10.1 Å². The van der Waals surface area contributed by atoms with Gasteiger partial charge in [0.1, 0.15) is 5.75 Å². The summed E-state index contributed by atoms with van der Waals surface area (Å²) >= 11 is 0. The fourth-order valence-corrected chi connectivity index (χ4v) is 2.65. The van der Waals surface area contributed by atoms with E-state index in [-0.39, 0.29) is 12.5 Å². The van der Waals surface area contributed by atoms with Crippen LogP contribution in [0, 0.1) is 13.8 Å². The van der Waals surface area contributed by atoms with Crippen molar-refractivity contribution in [1.29, 1.82) is 0 Å². The van der Waals surface area contributed by atoms with Crippen molar-refractivity contribution in [3.8, 4) is 5.75 Å².